The van der Waals surface area contributed by atoms with Crippen molar-refractivity contribution in [1.82, 2.24) is 4.98 Å². The number of benzene rings is 3. The Labute approximate surface area is 202 Å². The predicted octanol–water partition coefficient (Wildman–Crippen LogP) is 6.22. The van der Waals surface area contributed by atoms with Crippen molar-refractivity contribution in [2.75, 3.05) is 19.0 Å². The highest BCUT2D eigenvalue weighted by Gasteiger charge is 2.12. The largest absolute Gasteiger partial charge is 0.493 e. The number of anilines is 1. The van der Waals surface area contributed by atoms with Gasteiger partial charge in [-0.25, -0.2) is 4.98 Å². The van der Waals surface area contributed by atoms with Gasteiger partial charge in [0.1, 0.15) is 16.6 Å². The second kappa shape index (κ2) is 10.2. The first-order valence-corrected chi connectivity index (χ1v) is 11.5. The van der Waals surface area contributed by atoms with Gasteiger partial charge in [0.05, 0.1) is 23.9 Å². The van der Waals surface area contributed by atoms with E-state index in [2.05, 4.69) is 18.3 Å². The van der Waals surface area contributed by atoms with E-state index in [-0.39, 0.29) is 5.57 Å². The fourth-order valence-corrected chi connectivity index (χ4v) is 4.48. The number of nitrogens with one attached hydrogen (secondary N) is 1. The number of fused-ring (bicyclic) bond motifs is 1. The molecule has 7 heteroatoms. The number of carbonyl (C=O) groups excluding carboxylic acids is 1. The van der Waals surface area contributed by atoms with Crippen molar-refractivity contribution in [3.63, 3.8) is 0 Å². The highest BCUT2D eigenvalue weighted by atomic mass is 32.1. The molecule has 0 saturated heterocycles. The highest BCUT2D eigenvalue weighted by molar-refractivity contribution is 7.21. The van der Waals surface area contributed by atoms with Crippen molar-refractivity contribution in [3.05, 3.63) is 77.4 Å². The minimum absolute atomic E-state index is 0.0168. The Hall–Kier alpha value is -4.15. The van der Waals surface area contributed by atoms with Crippen molar-refractivity contribution >= 4 is 39.2 Å². The first kappa shape index (κ1) is 23.0. The zero-order valence-corrected chi connectivity index (χ0v) is 19.9. The lowest BCUT2D eigenvalue weighted by Gasteiger charge is -2.10. The van der Waals surface area contributed by atoms with Crippen molar-refractivity contribution in [2.24, 2.45) is 0 Å². The second-order valence-electron chi connectivity index (χ2n) is 7.53. The fraction of sp³-hybridized carbons (Fsp3) is 0.148. The molecule has 3 aromatic carbocycles. The summed E-state index contributed by atoms with van der Waals surface area (Å²) in [6.07, 6.45) is 1.52. The quantitative estimate of drug-likeness (QED) is 0.256. The van der Waals surface area contributed by atoms with Gasteiger partial charge in [-0.3, -0.25) is 4.79 Å². The molecule has 0 radical (unpaired) electrons. The Bertz CT molecular complexity index is 1420. The van der Waals surface area contributed by atoms with Crippen LogP contribution in [0.4, 0.5) is 5.69 Å². The number of carbonyl (C=O) groups is 1. The van der Waals surface area contributed by atoms with Crippen LogP contribution in [0.2, 0.25) is 0 Å². The van der Waals surface area contributed by atoms with Gasteiger partial charge in [0.2, 0.25) is 0 Å². The first-order valence-electron chi connectivity index (χ1n) is 10.7. The summed E-state index contributed by atoms with van der Waals surface area (Å²) in [7, 11) is 1.54. The summed E-state index contributed by atoms with van der Waals surface area (Å²) >= 11 is 1.63. The predicted molar refractivity (Wildman–Crippen MR) is 136 cm³/mol. The third-order valence-corrected chi connectivity index (χ3v) is 6.16. The van der Waals surface area contributed by atoms with E-state index in [0.29, 0.717) is 29.4 Å². The van der Waals surface area contributed by atoms with Crippen molar-refractivity contribution in [1.29, 1.82) is 5.26 Å². The minimum Gasteiger partial charge on any atom is -0.493 e. The minimum atomic E-state index is -0.487. The topological polar surface area (TPSA) is 84.2 Å². The van der Waals surface area contributed by atoms with Crippen LogP contribution in [0.5, 0.6) is 11.5 Å². The monoisotopic (exact) mass is 469 g/mol. The Balaban J connectivity index is 1.50. The molecule has 0 spiro atoms. The van der Waals surface area contributed by atoms with Crippen molar-refractivity contribution in [2.45, 2.75) is 13.8 Å². The van der Waals surface area contributed by atoms with Gasteiger partial charge >= 0.3 is 0 Å². The van der Waals surface area contributed by atoms with Crippen LogP contribution < -0.4 is 14.8 Å². The Morgan fingerprint density at radius 2 is 1.91 bits per heavy atom. The van der Waals surface area contributed by atoms with Gasteiger partial charge in [-0.15, -0.1) is 11.3 Å². The molecule has 1 heterocycles. The third kappa shape index (κ3) is 5.08. The van der Waals surface area contributed by atoms with Crippen LogP contribution in [-0.4, -0.2) is 24.6 Å². The van der Waals surface area contributed by atoms with Crippen LogP contribution in [0.1, 0.15) is 18.1 Å². The molecule has 0 unspecified atom stereocenters. The number of rotatable bonds is 7. The second-order valence-corrected chi connectivity index (χ2v) is 8.57. The van der Waals surface area contributed by atoms with Gasteiger partial charge in [-0.1, -0.05) is 12.1 Å². The van der Waals surface area contributed by atoms with Crippen LogP contribution in [0, 0.1) is 18.3 Å². The SMILES string of the molecule is CCOc1ccc(/C=C(\C#N)C(=O)Nc2ccc(-c3nc4ccc(C)cc4s3)cc2)cc1OC. The third-order valence-electron chi connectivity index (χ3n) is 5.10. The number of hydrogen-bond donors (Lipinski definition) is 1. The molecule has 34 heavy (non-hydrogen) atoms. The van der Waals surface area contributed by atoms with Crippen LogP contribution in [-0.2, 0) is 4.79 Å². The Morgan fingerprint density at radius 3 is 2.62 bits per heavy atom. The fourth-order valence-electron chi connectivity index (χ4n) is 3.41. The number of methoxy groups -OCH3 is 1. The summed E-state index contributed by atoms with van der Waals surface area (Å²) in [6.45, 7) is 4.46. The Kier molecular flexibility index (Phi) is 6.90. The molecule has 0 aliphatic heterocycles. The number of nitriles is 1. The Morgan fingerprint density at radius 1 is 1.12 bits per heavy atom. The lowest BCUT2D eigenvalue weighted by molar-refractivity contribution is -0.112. The summed E-state index contributed by atoms with van der Waals surface area (Å²) in [5.74, 6) is 0.654. The van der Waals surface area contributed by atoms with E-state index < -0.39 is 5.91 Å². The van der Waals surface area contributed by atoms with E-state index in [1.807, 2.05) is 37.3 Å². The molecule has 0 saturated carbocycles. The van der Waals surface area contributed by atoms with Crippen LogP contribution >= 0.6 is 11.3 Å². The summed E-state index contributed by atoms with van der Waals surface area (Å²) in [5, 5.41) is 13.2. The molecule has 170 valence electrons. The first-order chi connectivity index (χ1) is 16.5. The average Bonchev–Trinajstić information content (AvgIpc) is 3.27. The molecule has 0 bridgehead atoms. The van der Waals surface area contributed by atoms with E-state index in [1.54, 1.807) is 48.8 Å². The zero-order chi connectivity index (χ0) is 24.1. The number of hydrogen-bond acceptors (Lipinski definition) is 6. The van der Waals surface area contributed by atoms with Gasteiger partial charge in [-0.2, -0.15) is 5.26 Å². The van der Waals surface area contributed by atoms with E-state index in [1.165, 1.54) is 11.6 Å². The lowest BCUT2D eigenvalue weighted by atomic mass is 10.1. The number of nitrogens with zero attached hydrogens (tertiary/aromatic N) is 2. The number of ether oxygens (including phenoxy) is 2. The highest BCUT2D eigenvalue weighted by Crippen LogP contribution is 2.32. The number of aromatic nitrogens is 1. The van der Waals surface area contributed by atoms with Crippen molar-refractivity contribution in [3.8, 4) is 28.1 Å². The molecule has 0 fully saturated rings. The molecule has 1 N–H and O–H groups in total. The van der Waals surface area contributed by atoms with E-state index in [9.17, 15) is 10.1 Å². The molecule has 0 aliphatic carbocycles. The summed E-state index contributed by atoms with van der Waals surface area (Å²) < 4.78 is 12.0. The summed E-state index contributed by atoms with van der Waals surface area (Å²) in [4.78, 5) is 17.4. The normalized spacial score (nSPS) is 11.2. The molecule has 1 aromatic heterocycles. The number of thiazole rings is 1. The van der Waals surface area contributed by atoms with E-state index >= 15 is 0 Å². The maximum absolute atomic E-state index is 12.7. The van der Waals surface area contributed by atoms with Crippen LogP contribution in [0.25, 0.3) is 26.9 Å². The standard InChI is InChI=1S/C27H23N3O3S/c1-4-33-23-12-6-18(15-24(23)32-3)14-20(16-28)26(31)29-21-9-7-19(8-10-21)27-30-22-11-5-17(2)13-25(22)34-27/h5-15H,4H2,1-3H3,(H,29,31)/b20-14+. The maximum atomic E-state index is 12.7. The van der Waals surface area contributed by atoms with E-state index in [4.69, 9.17) is 14.5 Å². The average molecular weight is 470 g/mol. The van der Waals surface area contributed by atoms with Crippen LogP contribution in [0.3, 0.4) is 0 Å². The molecule has 1 amide bonds. The van der Waals surface area contributed by atoms with Crippen molar-refractivity contribution < 1.29 is 14.3 Å². The van der Waals surface area contributed by atoms with Gasteiger partial charge in [0.15, 0.2) is 11.5 Å². The lowest BCUT2D eigenvalue weighted by Crippen LogP contribution is -2.13. The molecular formula is C27H23N3O3S. The van der Waals surface area contributed by atoms with E-state index in [0.717, 1.165) is 20.8 Å². The van der Waals surface area contributed by atoms with Gasteiger partial charge in [-0.05, 0) is 79.6 Å². The van der Waals surface area contributed by atoms with Gasteiger partial charge in [0, 0.05) is 11.3 Å². The summed E-state index contributed by atoms with van der Waals surface area (Å²) in [5.41, 5.74) is 4.37. The number of amides is 1. The molecule has 4 aromatic rings. The van der Waals surface area contributed by atoms with Gasteiger partial charge in [0.25, 0.3) is 5.91 Å². The summed E-state index contributed by atoms with van der Waals surface area (Å²) in [6, 6.07) is 20.9. The maximum Gasteiger partial charge on any atom is 0.266 e. The molecule has 0 atom stereocenters. The van der Waals surface area contributed by atoms with Gasteiger partial charge < -0.3 is 14.8 Å². The zero-order valence-electron chi connectivity index (χ0n) is 19.1. The van der Waals surface area contributed by atoms with Crippen LogP contribution in [0.15, 0.2) is 66.2 Å². The molecular weight excluding hydrogens is 446 g/mol. The molecule has 6 nitrogen and oxygen atoms in total. The molecule has 4 rings (SSSR count). The smallest absolute Gasteiger partial charge is 0.266 e. The number of aryl methyl sites for hydroxylation is 1. The molecule has 0 aliphatic rings.